The monoisotopic (exact) mass is 415 g/mol. The Morgan fingerprint density at radius 3 is 2.73 bits per heavy atom. The molecule has 1 aliphatic rings. The van der Waals surface area contributed by atoms with Gasteiger partial charge in [-0.25, -0.2) is 0 Å². The number of amides is 2. The summed E-state index contributed by atoms with van der Waals surface area (Å²) in [6.07, 6.45) is 4.44. The van der Waals surface area contributed by atoms with Gasteiger partial charge in [-0.2, -0.15) is 0 Å². The van der Waals surface area contributed by atoms with Crippen molar-refractivity contribution >= 4 is 38.6 Å². The lowest BCUT2D eigenvalue weighted by molar-refractivity contribution is 0.0697. The molecule has 3 heterocycles. The van der Waals surface area contributed by atoms with Crippen LogP contribution in [-0.4, -0.2) is 40.8 Å². The first kappa shape index (κ1) is 16.9. The molecule has 6 nitrogen and oxygen atoms in total. The van der Waals surface area contributed by atoms with Gasteiger partial charge in [0.05, 0.1) is 11.8 Å². The number of aromatic amines is 1. The zero-order valence-corrected chi connectivity index (χ0v) is 15.6. The maximum Gasteiger partial charge on any atom is 0.267 e. The van der Waals surface area contributed by atoms with Gasteiger partial charge in [-0.15, -0.1) is 0 Å². The number of H-pyrrole nitrogens is 1. The van der Waals surface area contributed by atoms with Crippen LogP contribution < -0.4 is 5.32 Å². The van der Waals surface area contributed by atoms with Gasteiger partial charge in [-0.3, -0.25) is 9.59 Å². The van der Waals surface area contributed by atoms with Crippen LogP contribution in [0, 0.1) is 0 Å². The number of hydrogen-bond acceptors (Lipinski definition) is 3. The number of piperidine rings is 1. The third-order valence-electron chi connectivity index (χ3n) is 4.71. The highest BCUT2D eigenvalue weighted by atomic mass is 79.9. The zero-order valence-electron chi connectivity index (χ0n) is 14.0. The summed E-state index contributed by atoms with van der Waals surface area (Å²) < 4.78 is 5.94. The summed E-state index contributed by atoms with van der Waals surface area (Å²) in [5.74, 6) is -0.137. The second-order valence-electron chi connectivity index (χ2n) is 6.47. The number of fused-ring (bicyclic) bond motifs is 1. The molecule has 1 fully saturated rings. The van der Waals surface area contributed by atoms with Crippen molar-refractivity contribution in [1.82, 2.24) is 15.2 Å². The van der Waals surface area contributed by atoms with Crippen LogP contribution in [0.2, 0.25) is 0 Å². The van der Waals surface area contributed by atoms with Gasteiger partial charge in [-0.1, -0.05) is 22.0 Å². The number of furan rings is 1. The fraction of sp³-hybridized carbons (Fsp3) is 0.263. The molecule has 4 rings (SSSR count). The Labute approximate surface area is 158 Å². The molecule has 0 unspecified atom stereocenters. The molecule has 2 aromatic heterocycles. The quantitative estimate of drug-likeness (QED) is 0.686. The molecule has 7 heteroatoms. The van der Waals surface area contributed by atoms with E-state index in [2.05, 4.69) is 26.2 Å². The number of hydrogen-bond donors (Lipinski definition) is 2. The van der Waals surface area contributed by atoms with Crippen LogP contribution in [0.4, 0.5) is 0 Å². The fourth-order valence-electron chi connectivity index (χ4n) is 3.28. The van der Waals surface area contributed by atoms with Gasteiger partial charge >= 0.3 is 0 Å². The number of nitrogens with zero attached hydrogens (tertiary/aromatic N) is 1. The minimum absolute atomic E-state index is 0.0234. The maximum absolute atomic E-state index is 12.5. The van der Waals surface area contributed by atoms with E-state index in [0.717, 1.165) is 28.2 Å². The summed E-state index contributed by atoms with van der Waals surface area (Å²) in [5.41, 5.74) is 2.04. The van der Waals surface area contributed by atoms with Gasteiger partial charge in [0.2, 0.25) is 0 Å². The number of aromatic nitrogens is 1. The standard InChI is InChI=1S/C19H18BrN3O3/c20-14-2-1-12-9-17(22-16(12)10-14)18(24)21-15-3-6-23(7-4-15)19(25)13-5-8-26-11-13/h1-2,5,8-11,15,22H,3-4,6-7H2,(H,21,24). The van der Waals surface area contributed by atoms with Gasteiger partial charge in [0, 0.05) is 34.5 Å². The average Bonchev–Trinajstić information content (AvgIpc) is 3.31. The fourth-order valence-corrected chi connectivity index (χ4v) is 3.64. The summed E-state index contributed by atoms with van der Waals surface area (Å²) in [7, 11) is 0. The van der Waals surface area contributed by atoms with Crippen molar-refractivity contribution in [2.24, 2.45) is 0 Å². The maximum atomic E-state index is 12.5. The Hall–Kier alpha value is -2.54. The van der Waals surface area contributed by atoms with E-state index in [1.807, 2.05) is 24.3 Å². The summed E-state index contributed by atoms with van der Waals surface area (Å²) >= 11 is 3.43. The Morgan fingerprint density at radius 2 is 2.00 bits per heavy atom. The molecule has 1 aromatic carbocycles. The van der Waals surface area contributed by atoms with Crippen LogP contribution in [0.1, 0.15) is 33.7 Å². The van der Waals surface area contributed by atoms with Crippen LogP contribution in [-0.2, 0) is 0 Å². The van der Waals surface area contributed by atoms with Gasteiger partial charge in [0.25, 0.3) is 11.8 Å². The van der Waals surface area contributed by atoms with Crippen LogP contribution >= 0.6 is 15.9 Å². The molecule has 2 N–H and O–H groups in total. The van der Waals surface area contributed by atoms with Gasteiger partial charge in [0.1, 0.15) is 12.0 Å². The van der Waals surface area contributed by atoms with Crippen LogP contribution in [0.25, 0.3) is 10.9 Å². The molecule has 26 heavy (non-hydrogen) atoms. The van der Waals surface area contributed by atoms with Crippen molar-refractivity contribution in [3.8, 4) is 0 Å². The Balaban J connectivity index is 1.36. The lowest BCUT2D eigenvalue weighted by atomic mass is 10.0. The molecular weight excluding hydrogens is 398 g/mol. The van der Waals surface area contributed by atoms with E-state index in [0.29, 0.717) is 24.3 Å². The van der Waals surface area contributed by atoms with Gasteiger partial charge < -0.3 is 19.6 Å². The highest BCUT2D eigenvalue weighted by molar-refractivity contribution is 9.10. The minimum Gasteiger partial charge on any atom is -0.472 e. The number of halogens is 1. The number of benzene rings is 1. The van der Waals surface area contributed by atoms with Crippen molar-refractivity contribution in [2.45, 2.75) is 18.9 Å². The number of likely N-dealkylation sites (tertiary alicyclic amines) is 1. The molecule has 0 aliphatic carbocycles. The predicted octanol–water partition coefficient (Wildman–Crippen LogP) is 3.56. The first-order valence-electron chi connectivity index (χ1n) is 8.51. The molecule has 3 aromatic rings. The lowest BCUT2D eigenvalue weighted by Gasteiger charge is -2.32. The molecule has 0 atom stereocenters. The van der Waals surface area contributed by atoms with E-state index in [4.69, 9.17) is 4.42 Å². The van der Waals surface area contributed by atoms with E-state index in [1.165, 1.54) is 12.5 Å². The second-order valence-corrected chi connectivity index (χ2v) is 7.38. The van der Waals surface area contributed by atoms with E-state index in [9.17, 15) is 9.59 Å². The smallest absolute Gasteiger partial charge is 0.267 e. The van der Waals surface area contributed by atoms with Crippen molar-refractivity contribution < 1.29 is 14.0 Å². The van der Waals surface area contributed by atoms with Crippen LogP contribution in [0.15, 0.2) is 51.7 Å². The van der Waals surface area contributed by atoms with Crippen LogP contribution in [0.3, 0.4) is 0 Å². The Morgan fingerprint density at radius 1 is 1.19 bits per heavy atom. The Kier molecular flexibility index (Phi) is 4.55. The number of rotatable bonds is 3. The first-order valence-corrected chi connectivity index (χ1v) is 9.30. The summed E-state index contributed by atoms with van der Waals surface area (Å²) in [6, 6.07) is 9.46. The SMILES string of the molecule is O=C(NC1CCN(C(=O)c2ccoc2)CC1)c1cc2ccc(Br)cc2[nH]1. The van der Waals surface area contributed by atoms with Gasteiger partial charge in [-0.05, 0) is 37.1 Å². The minimum atomic E-state index is -0.114. The van der Waals surface area contributed by atoms with Crippen molar-refractivity contribution in [1.29, 1.82) is 0 Å². The normalized spacial score (nSPS) is 15.3. The molecule has 134 valence electrons. The van der Waals surface area contributed by atoms with Gasteiger partial charge in [0.15, 0.2) is 0 Å². The van der Waals surface area contributed by atoms with E-state index in [-0.39, 0.29) is 17.9 Å². The number of carbonyl (C=O) groups excluding carboxylic acids is 2. The summed E-state index contributed by atoms with van der Waals surface area (Å²) in [5, 5.41) is 4.07. The number of nitrogens with one attached hydrogen (secondary N) is 2. The molecule has 0 radical (unpaired) electrons. The van der Waals surface area contributed by atoms with E-state index >= 15 is 0 Å². The van der Waals surface area contributed by atoms with E-state index in [1.54, 1.807) is 11.0 Å². The van der Waals surface area contributed by atoms with Crippen molar-refractivity contribution in [2.75, 3.05) is 13.1 Å². The molecule has 0 spiro atoms. The highest BCUT2D eigenvalue weighted by Gasteiger charge is 2.25. The largest absolute Gasteiger partial charge is 0.472 e. The molecule has 1 saturated heterocycles. The third kappa shape index (κ3) is 3.39. The highest BCUT2D eigenvalue weighted by Crippen LogP contribution is 2.21. The number of carbonyl (C=O) groups is 2. The summed E-state index contributed by atoms with van der Waals surface area (Å²) in [6.45, 7) is 1.24. The average molecular weight is 416 g/mol. The molecule has 0 bridgehead atoms. The van der Waals surface area contributed by atoms with Crippen molar-refractivity contribution in [3.63, 3.8) is 0 Å². The lowest BCUT2D eigenvalue weighted by Crippen LogP contribution is -2.46. The molecular formula is C19H18BrN3O3. The second kappa shape index (κ2) is 6.99. The molecule has 0 saturated carbocycles. The predicted molar refractivity (Wildman–Crippen MR) is 101 cm³/mol. The van der Waals surface area contributed by atoms with Crippen LogP contribution in [0.5, 0.6) is 0 Å². The van der Waals surface area contributed by atoms with E-state index < -0.39 is 0 Å². The Bertz CT molecular complexity index is 940. The molecule has 1 aliphatic heterocycles. The van der Waals surface area contributed by atoms with Crippen molar-refractivity contribution in [3.05, 3.63) is 58.6 Å². The first-order chi connectivity index (χ1) is 12.6. The summed E-state index contributed by atoms with van der Waals surface area (Å²) in [4.78, 5) is 29.8. The molecule has 2 amide bonds. The third-order valence-corrected chi connectivity index (χ3v) is 5.21. The topological polar surface area (TPSA) is 78.3 Å². The zero-order chi connectivity index (χ0) is 18.1.